The molecule has 0 saturated heterocycles. The van der Waals surface area contributed by atoms with Crippen LogP contribution in [0.4, 0.5) is 5.69 Å². The van der Waals surface area contributed by atoms with Gasteiger partial charge >= 0.3 is 5.69 Å². The first-order valence-corrected chi connectivity index (χ1v) is 16.7. The van der Waals surface area contributed by atoms with Gasteiger partial charge in [0.2, 0.25) is 5.91 Å². The van der Waals surface area contributed by atoms with Gasteiger partial charge in [-0.2, -0.15) is 4.98 Å². The van der Waals surface area contributed by atoms with E-state index in [1.807, 2.05) is 42.6 Å². The van der Waals surface area contributed by atoms with Gasteiger partial charge in [0, 0.05) is 47.9 Å². The second-order valence-electron chi connectivity index (χ2n) is 15.6. The molecule has 0 atom stereocenters. The Morgan fingerprint density at radius 3 is 2.12 bits per heavy atom. The predicted molar refractivity (Wildman–Crippen MR) is 200 cm³/mol. The molecule has 0 bridgehead atoms. The first kappa shape index (κ1) is 38.0. The van der Waals surface area contributed by atoms with Gasteiger partial charge in [0.25, 0.3) is 0 Å². The molecule has 4 rings (SSSR count). The number of anilines is 1. The minimum atomic E-state index is -0.301. The Kier molecular flexibility index (Phi) is 12.8. The van der Waals surface area contributed by atoms with Crippen LogP contribution in [0, 0.1) is 5.41 Å². The average Bonchev–Trinajstić information content (AvgIpc) is 3.41. The average molecular weight is 657 g/mol. The summed E-state index contributed by atoms with van der Waals surface area (Å²) in [6, 6.07) is 18.1. The quantitative estimate of drug-likeness (QED) is 0.0744. The van der Waals surface area contributed by atoms with E-state index < -0.39 is 0 Å². The normalized spacial score (nSPS) is 11.9. The number of nitrogens with two attached hydrogens (primary N) is 2. The molecule has 0 unspecified atom stereocenters. The summed E-state index contributed by atoms with van der Waals surface area (Å²) in [6.45, 7) is 21.5. The zero-order valence-electron chi connectivity index (χ0n) is 30.3. The van der Waals surface area contributed by atoms with E-state index in [-0.39, 0.29) is 33.8 Å². The van der Waals surface area contributed by atoms with Gasteiger partial charge in [-0.25, -0.2) is 4.79 Å². The van der Waals surface area contributed by atoms with Crippen LogP contribution in [-0.2, 0) is 22.2 Å². The molecule has 0 aliphatic rings. The van der Waals surface area contributed by atoms with E-state index in [4.69, 9.17) is 11.5 Å². The van der Waals surface area contributed by atoms with Gasteiger partial charge in [-0.3, -0.25) is 14.4 Å². The number of hydrogen-bond acceptors (Lipinski definition) is 5. The molecule has 0 aliphatic carbocycles. The Labute approximate surface area is 285 Å². The van der Waals surface area contributed by atoms with Crippen molar-refractivity contribution in [3.8, 4) is 5.69 Å². The number of nitrogens with zero attached hydrogens (tertiary/aromatic N) is 3. The number of guanidine groups is 1. The van der Waals surface area contributed by atoms with Crippen LogP contribution >= 0.6 is 0 Å². The van der Waals surface area contributed by atoms with Gasteiger partial charge in [0.05, 0.1) is 5.69 Å². The maximum Gasteiger partial charge on any atom is 0.354 e. The number of nitrogens with one attached hydrogen (secondary N) is 3. The number of aromatic nitrogens is 3. The molecule has 260 valence electrons. The first-order valence-electron chi connectivity index (χ1n) is 16.7. The van der Waals surface area contributed by atoms with Crippen LogP contribution in [-0.4, -0.2) is 39.5 Å². The molecule has 10 nitrogen and oxygen atoms in total. The Morgan fingerprint density at radius 2 is 1.56 bits per heavy atom. The number of fused-ring (bicyclic) bond motifs is 1. The van der Waals surface area contributed by atoms with Crippen LogP contribution in [0.15, 0.2) is 70.6 Å². The van der Waals surface area contributed by atoms with Crippen molar-refractivity contribution in [1.82, 2.24) is 19.9 Å². The number of carbonyl (C=O) groups excluding carboxylic acids is 1. The maximum atomic E-state index is 12.5. The van der Waals surface area contributed by atoms with E-state index in [0.717, 1.165) is 53.9 Å². The Bertz CT molecular complexity index is 1710. The third-order valence-electron chi connectivity index (χ3n) is 7.80. The lowest BCUT2D eigenvalue weighted by Crippen LogP contribution is -2.23. The van der Waals surface area contributed by atoms with Gasteiger partial charge in [-0.1, -0.05) is 86.6 Å². The molecule has 10 heteroatoms. The molecule has 0 spiro atoms. The highest BCUT2D eigenvalue weighted by molar-refractivity contribution is 5.90. The predicted octanol–water partition coefficient (Wildman–Crippen LogP) is 6.51. The van der Waals surface area contributed by atoms with Crippen molar-refractivity contribution in [2.45, 2.75) is 99.0 Å². The minimum Gasteiger partial charge on any atom is -0.370 e. The topological polar surface area (TPSA) is 156 Å². The fourth-order valence-electron chi connectivity index (χ4n) is 4.77. The van der Waals surface area contributed by atoms with Crippen LogP contribution < -0.4 is 27.8 Å². The molecule has 0 radical (unpaired) electrons. The Hall–Kier alpha value is -4.44. The molecule has 2 heterocycles. The van der Waals surface area contributed by atoms with Crippen molar-refractivity contribution >= 4 is 28.6 Å². The standard InChI is InChI=1S/C21H29N7O.C17H27NO/c1-21(2,3)17-11-15-13-28(20(29)27-18(15)26-17)16-7-5-14(6-8-16)12-24-9-4-10-25-19(22)23;1-16(2,3)12-11-15(19)18-14-9-7-13(8-10-14)17(4,5)6/h5-8,11,13,24H,4,9-10,12H2,1-3H3,(H4,22,23,25)(H,26,27,29);7-10H,11-12H2,1-6H3,(H,18,19). The smallest absolute Gasteiger partial charge is 0.354 e. The zero-order chi connectivity index (χ0) is 35.7. The molecule has 0 fully saturated rings. The molecule has 2 aromatic heterocycles. The van der Waals surface area contributed by atoms with Crippen molar-refractivity contribution in [2.75, 3.05) is 18.4 Å². The van der Waals surface area contributed by atoms with Crippen LogP contribution in [0.25, 0.3) is 16.7 Å². The number of benzene rings is 2. The molecular formula is C38H56N8O2. The number of carbonyl (C=O) groups is 1. The second kappa shape index (κ2) is 16.1. The van der Waals surface area contributed by atoms with Crippen LogP contribution in [0.1, 0.15) is 98.4 Å². The molecule has 48 heavy (non-hydrogen) atoms. The third-order valence-corrected chi connectivity index (χ3v) is 7.80. The summed E-state index contributed by atoms with van der Waals surface area (Å²) >= 11 is 0. The fraction of sp³-hybridized carbons (Fsp3) is 0.474. The van der Waals surface area contributed by atoms with E-state index >= 15 is 0 Å². The number of rotatable bonds is 10. The number of hydrogen-bond donors (Lipinski definition) is 5. The molecule has 2 aromatic carbocycles. The molecule has 1 amide bonds. The van der Waals surface area contributed by atoms with E-state index in [1.165, 1.54) is 5.56 Å². The summed E-state index contributed by atoms with van der Waals surface area (Å²) < 4.78 is 1.58. The maximum absolute atomic E-state index is 12.5. The summed E-state index contributed by atoms with van der Waals surface area (Å²) in [6.07, 6.45) is 4.18. The van der Waals surface area contributed by atoms with Gasteiger partial charge in [0.15, 0.2) is 5.96 Å². The highest BCUT2D eigenvalue weighted by atomic mass is 16.2. The molecular weight excluding hydrogens is 600 g/mol. The summed E-state index contributed by atoms with van der Waals surface area (Å²) in [5, 5.41) is 7.22. The summed E-state index contributed by atoms with van der Waals surface area (Å²) in [5.41, 5.74) is 16.4. The van der Waals surface area contributed by atoms with Crippen molar-refractivity contribution in [3.05, 3.63) is 88.1 Å². The zero-order valence-corrected chi connectivity index (χ0v) is 30.3. The summed E-state index contributed by atoms with van der Waals surface area (Å²) in [7, 11) is 0. The number of amides is 1. The molecule has 0 saturated carbocycles. The van der Waals surface area contributed by atoms with Crippen molar-refractivity contribution < 1.29 is 4.79 Å². The van der Waals surface area contributed by atoms with Crippen LogP contribution in [0.3, 0.4) is 0 Å². The SMILES string of the molecule is CC(C)(C)CCC(=O)Nc1ccc(C(C)(C)C)cc1.CC(C)(C)c1cc2cn(-c3ccc(CNCCCN=C(N)N)cc3)c(=O)nc2[nH]1. The third kappa shape index (κ3) is 12.3. The summed E-state index contributed by atoms with van der Waals surface area (Å²) in [5.74, 6) is 0.219. The van der Waals surface area contributed by atoms with E-state index in [2.05, 4.69) is 106 Å². The number of H-pyrrole nitrogens is 1. The first-order chi connectivity index (χ1) is 22.3. The lowest BCUT2D eigenvalue weighted by Gasteiger charge is -2.19. The molecule has 4 aromatic rings. The molecule has 7 N–H and O–H groups in total. The van der Waals surface area contributed by atoms with E-state index in [0.29, 0.717) is 18.6 Å². The Morgan fingerprint density at radius 1 is 0.917 bits per heavy atom. The largest absolute Gasteiger partial charge is 0.370 e. The van der Waals surface area contributed by atoms with Crippen molar-refractivity contribution in [3.63, 3.8) is 0 Å². The van der Waals surface area contributed by atoms with E-state index in [1.54, 1.807) is 4.57 Å². The van der Waals surface area contributed by atoms with Gasteiger partial charge < -0.3 is 27.1 Å². The van der Waals surface area contributed by atoms with Gasteiger partial charge in [-0.05, 0) is 71.7 Å². The van der Waals surface area contributed by atoms with Crippen LogP contribution in [0.5, 0.6) is 0 Å². The van der Waals surface area contributed by atoms with Gasteiger partial charge in [0.1, 0.15) is 5.65 Å². The highest BCUT2D eigenvalue weighted by Crippen LogP contribution is 2.26. The fourth-order valence-corrected chi connectivity index (χ4v) is 4.77. The lowest BCUT2D eigenvalue weighted by atomic mass is 9.87. The lowest BCUT2D eigenvalue weighted by molar-refractivity contribution is -0.116. The van der Waals surface area contributed by atoms with Crippen molar-refractivity contribution in [1.29, 1.82) is 0 Å². The highest BCUT2D eigenvalue weighted by Gasteiger charge is 2.18. The van der Waals surface area contributed by atoms with Crippen molar-refractivity contribution in [2.24, 2.45) is 21.9 Å². The minimum absolute atomic E-state index is 0.0352. The number of aromatic amines is 1. The van der Waals surface area contributed by atoms with Gasteiger partial charge in [-0.15, -0.1) is 0 Å². The van der Waals surface area contributed by atoms with Crippen LogP contribution in [0.2, 0.25) is 0 Å². The Balaban J connectivity index is 0.000000286. The van der Waals surface area contributed by atoms with E-state index in [9.17, 15) is 9.59 Å². The monoisotopic (exact) mass is 656 g/mol. The second-order valence-corrected chi connectivity index (χ2v) is 15.6. The summed E-state index contributed by atoms with van der Waals surface area (Å²) in [4.78, 5) is 35.7. The number of aliphatic imine (C=N–C) groups is 1. The molecule has 0 aliphatic heterocycles.